The molecule has 0 unspecified atom stereocenters. The average Bonchev–Trinajstić information content (AvgIpc) is 2.00. The molecule has 0 fully saturated rings. The lowest BCUT2D eigenvalue weighted by Gasteiger charge is -2.32. The topological polar surface area (TPSA) is 55.7 Å². The first kappa shape index (κ1) is 9.89. The van der Waals surface area contributed by atoms with Crippen molar-refractivity contribution in [3.8, 4) is 0 Å². The van der Waals surface area contributed by atoms with Crippen LogP contribution in [-0.2, 0) is 9.53 Å². The lowest BCUT2D eigenvalue weighted by atomic mass is 9.91. The predicted octanol–water partition coefficient (Wildman–Crippen LogP) is 1.79. The zero-order valence-electron chi connectivity index (χ0n) is 8.09. The third-order valence-corrected chi connectivity index (χ3v) is 2.32. The minimum absolute atomic E-state index is 0.0172. The van der Waals surface area contributed by atoms with E-state index in [2.05, 4.69) is 5.18 Å². The van der Waals surface area contributed by atoms with Crippen LogP contribution in [-0.4, -0.2) is 18.1 Å². The predicted molar refractivity (Wildman–Crippen MR) is 48.2 cm³/mol. The van der Waals surface area contributed by atoms with Crippen molar-refractivity contribution in [2.75, 3.05) is 6.54 Å². The summed E-state index contributed by atoms with van der Waals surface area (Å²) in [5, 5.41) is 2.78. The fraction of sp³-hybridized carbons (Fsp3) is 0.667. The molecule has 0 spiro atoms. The van der Waals surface area contributed by atoms with Crippen LogP contribution >= 0.6 is 0 Å². The Hall–Kier alpha value is -1.19. The van der Waals surface area contributed by atoms with Crippen molar-refractivity contribution in [3.63, 3.8) is 0 Å². The Morgan fingerprint density at radius 1 is 1.54 bits per heavy atom. The van der Waals surface area contributed by atoms with Gasteiger partial charge in [0.2, 0.25) is 0 Å². The Balaban J connectivity index is 2.89. The zero-order valence-corrected chi connectivity index (χ0v) is 8.09. The van der Waals surface area contributed by atoms with Crippen LogP contribution in [0.1, 0.15) is 27.2 Å². The summed E-state index contributed by atoms with van der Waals surface area (Å²) < 4.78 is 5.11. The Morgan fingerprint density at radius 3 is 2.62 bits per heavy atom. The molecule has 0 radical (unpaired) electrons. The van der Waals surface area contributed by atoms with E-state index in [1.807, 2.05) is 6.92 Å². The van der Waals surface area contributed by atoms with E-state index in [0.29, 0.717) is 12.0 Å². The molecule has 1 aliphatic rings. The standard InChI is InChI=1S/C9H13NO3/c1-6-4-9(3,5-10-12)13-8(11)7(6)2/h4-5H2,1-3H3/t9-/m0/s1. The highest BCUT2D eigenvalue weighted by atomic mass is 16.6. The minimum atomic E-state index is -0.734. The van der Waals surface area contributed by atoms with Crippen molar-refractivity contribution in [1.29, 1.82) is 0 Å². The molecule has 0 amide bonds. The highest BCUT2D eigenvalue weighted by Gasteiger charge is 2.35. The summed E-state index contributed by atoms with van der Waals surface area (Å²) in [5.41, 5.74) is 0.883. The molecule has 4 heteroatoms. The van der Waals surface area contributed by atoms with E-state index in [0.717, 1.165) is 5.57 Å². The van der Waals surface area contributed by atoms with Gasteiger partial charge < -0.3 is 4.74 Å². The van der Waals surface area contributed by atoms with Crippen molar-refractivity contribution in [3.05, 3.63) is 16.1 Å². The van der Waals surface area contributed by atoms with Crippen molar-refractivity contribution in [2.24, 2.45) is 5.18 Å². The van der Waals surface area contributed by atoms with Crippen molar-refractivity contribution >= 4 is 5.97 Å². The second-order valence-corrected chi connectivity index (χ2v) is 3.71. The SMILES string of the molecule is CC1=C(C)C(=O)O[C@](C)(CN=O)C1. The fourth-order valence-corrected chi connectivity index (χ4v) is 1.43. The molecule has 1 aliphatic heterocycles. The zero-order chi connectivity index (χ0) is 10.1. The first-order valence-corrected chi connectivity index (χ1v) is 4.17. The van der Waals surface area contributed by atoms with Gasteiger partial charge in [0.15, 0.2) is 0 Å². The van der Waals surface area contributed by atoms with Gasteiger partial charge >= 0.3 is 5.97 Å². The maximum Gasteiger partial charge on any atom is 0.334 e. The smallest absolute Gasteiger partial charge is 0.334 e. The second-order valence-electron chi connectivity index (χ2n) is 3.71. The third kappa shape index (κ3) is 1.94. The molecule has 0 N–H and O–H groups in total. The molecule has 0 aromatic rings. The summed E-state index contributed by atoms with van der Waals surface area (Å²) >= 11 is 0. The van der Waals surface area contributed by atoms with E-state index in [4.69, 9.17) is 4.74 Å². The molecular formula is C9H13NO3. The van der Waals surface area contributed by atoms with Crippen LogP contribution < -0.4 is 0 Å². The maximum absolute atomic E-state index is 11.3. The number of rotatable bonds is 2. The number of nitrogens with zero attached hydrogens (tertiary/aromatic N) is 1. The first-order chi connectivity index (χ1) is 5.98. The first-order valence-electron chi connectivity index (χ1n) is 4.17. The molecule has 13 heavy (non-hydrogen) atoms. The van der Waals surface area contributed by atoms with E-state index < -0.39 is 5.60 Å². The van der Waals surface area contributed by atoms with Crippen LogP contribution in [0.15, 0.2) is 16.3 Å². The molecule has 72 valence electrons. The van der Waals surface area contributed by atoms with E-state index in [1.54, 1.807) is 13.8 Å². The van der Waals surface area contributed by atoms with E-state index >= 15 is 0 Å². The number of cyclic esters (lactones) is 1. The molecule has 0 bridgehead atoms. The summed E-state index contributed by atoms with van der Waals surface area (Å²) in [6, 6.07) is 0. The quantitative estimate of drug-likeness (QED) is 0.484. The number of hydrogen-bond donors (Lipinski definition) is 0. The molecule has 1 heterocycles. The molecule has 1 rings (SSSR count). The van der Waals surface area contributed by atoms with Crippen LogP contribution in [0.2, 0.25) is 0 Å². The van der Waals surface area contributed by atoms with Gasteiger partial charge in [-0.3, -0.25) is 0 Å². The van der Waals surface area contributed by atoms with Crippen molar-refractivity contribution < 1.29 is 9.53 Å². The van der Waals surface area contributed by atoms with Crippen LogP contribution in [0.3, 0.4) is 0 Å². The van der Waals surface area contributed by atoms with Crippen LogP contribution in [0, 0.1) is 4.91 Å². The Bertz CT molecular complexity index is 283. The summed E-state index contributed by atoms with van der Waals surface area (Å²) in [6.07, 6.45) is 0.594. The number of nitroso groups, excluding NO2 is 1. The number of ether oxygens (including phenoxy) is 1. The minimum Gasteiger partial charge on any atom is -0.454 e. The van der Waals surface area contributed by atoms with Gasteiger partial charge in [0.1, 0.15) is 12.1 Å². The van der Waals surface area contributed by atoms with Gasteiger partial charge in [-0.15, -0.1) is 0 Å². The van der Waals surface area contributed by atoms with Gasteiger partial charge in [0.25, 0.3) is 0 Å². The summed E-state index contributed by atoms with van der Waals surface area (Å²) in [6.45, 7) is 5.34. The summed E-state index contributed by atoms with van der Waals surface area (Å²) in [4.78, 5) is 21.4. The molecule has 0 saturated heterocycles. The molecule has 0 saturated carbocycles. The number of hydrogen-bond acceptors (Lipinski definition) is 4. The van der Waals surface area contributed by atoms with Crippen LogP contribution in [0.25, 0.3) is 0 Å². The second kappa shape index (κ2) is 3.28. The maximum atomic E-state index is 11.3. The summed E-state index contributed by atoms with van der Waals surface area (Å²) in [5.74, 6) is -0.338. The molecule has 1 atom stereocenters. The monoisotopic (exact) mass is 183 g/mol. The normalized spacial score (nSPS) is 28.7. The van der Waals surface area contributed by atoms with Crippen molar-refractivity contribution in [1.82, 2.24) is 0 Å². The molecule has 0 aliphatic carbocycles. The van der Waals surface area contributed by atoms with Gasteiger partial charge in [0.05, 0.1) is 0 Å². The van der Waals surface area contributed by atoms with Gasteiger partial charge in [-0.1, -0.05) is 10.7 Å². The Kier molecular flexibility index (Phi) is 2.50. The average molecular weight is 183 g/mol. The van der Waals surface area contributed by atoms with Gasteiger partial charge in [-0.25, -0.2) is 4.79 Å². The van der Waals surface area contributed by atoms with Crippen LogP contribution in [0.4, 0.5) is 0 Å². The lowest BCUT2D eigenvalue weighted by molar-refractivity contribution is -0.154. The van der Waals surface area contributed by atoms with Gasteiger partial charge in [-0.2, -0.15) is 4.91 Å². The Labute approximate surface area is 76.9 Å². The van der Waals surface area contributed by atoms with E-state index in [9.17, 15) is 9.70 Å². The number of esters is 1. The largest absolute Gasteiger partial charge is 0.454 e. The third-order valence-electron chi connectivity index (χ3n) is 2.32. The van der Waals surface area contributed by atoms with Crippen molar-refractivity contribution in [2.45, 2.75) is 32.8 Å². The number of carbonyl (C=O) groups excluding carboxylic acids is 1. The van der Waals surface area contributed by atoms with Gasteiger partial charge in [-0.05, 0) is 20.8 Å². The van der Waals surface area contributed by atoms with E-state index in [1.165, 1.54) is 0 Å². The molecule has 0 aromatic carbocycles. The summed E-state index contributed by atoms with van der Waals surface area (Å²) in [7, 11) is 0. The lowest BCUT2D eigenvalue weighted by Crippen LogP contribution is -2.39. The van der Waals surface area contributed by atoms with Gasteiger partial charge in [0, 0.05) is 12.0 Å². The fourth-order valence-electron chi connectivity index (χ4n) is 1.43. The molecule has 4 nitrogen and oxygen atoms in total. The van der Waals surface area contributed by atoms with Crippen LogP contribution in [0.5, 0.6) is 0 Å². The molecular weight excluding hydrogens is 170 g/mol. The Morgan fingerprint density at radius 2 is 2.15 bits per heavy atom. The highest BCUT2D eigenvalue weighted by Crippen LogP contribution is 2.29. The highest BCUT2D eigenvalue weighted by molar-refractivity contribution is 5.89. The molecule has 0 aromatic heterocycles. The van der Waals surface area contributed by atoms with E-state index in [-0.39, 0.29) is 12.5 Å². The number of carbonyl (C=O) groups is 1.